The van der Waals surface area contributed by atoms with E-state index in [0.29, 0.717) is 6.54 Å². The second-order valence-electron chi connectivity index (χ2n) is 3.82. The van der Waals surface area contributed by atoms with Gasteiger partial charge in [-0.3, -0.25) is 4.79 Å². The fourth-order valence-electron chi connectivity index (χ4n) is 1.68. The van der Waals surface area contributed by atoms with E-state index in [9.17, 15) is 4.79 Å². The van der Waals surface area contributed by atoms with E-state index in [-0.39, 0.29) is 5.91 Å². The molecule has 0 aliphatic heterocycles. The molecule has 18 heavy (non-hydrogen) atoms. The number of aromatic nitrogens is 2. The Morgan fingerprint density at radius 3 is 2.83 bits per heavy atom. The Morgan fingerprint density at radius 2 is 2.22 bits per heavy atom. The maximum atomic E-state index is 12.0. The van der Waals surface area contributed by atoms with Crippen molar-refractivity contribution in [1.82, 2.24) is 15.3 Å². The number of rotatable bonds is 5. The van der Waals surface area contributed by atoms with Gasteiger partial charge in [-0.25, -0.2) is 4.98 Å². The van der Waals surface area contributed by atoms with E-state index in [1.165, 1.54) is 7.11 Å². The second kappa shape index (κ2) is 5.97. The van der Waals surface area contributed by atoms with Gasteiger partial charge in [0, 0.05) is 13.3 Å². The summed E-state index contributed by atoms with van der Waals surface area (Å²) in [5, 5.41) is 2.80. The zero-order valence-corrected chi connectivity index (χ0v) is 10.1. The molecular formula is C13H15N3O2. The number of hydrogen-bond acceptors (Lipinski definition) is 3. The summed E-state index contributed by atoms with van der Waals surface area (Å²) in [6.07, 6.45) is 2.66. The number of imidazole rings is 1. The average Bonchev–Trinajstić information content (AvgIpc) is 2.92. The zero-order chi connectivity index (χ0) is 12.8. The van der Waals surface area contributed by atoms with Crippen LogP contribution in [0.3, 0.4) is 0 Å². The lowest BCUT2D eigenvalue weighted by atomic mass is 10.1. The van der Waals surface area contributed by atoms with Gasteiger partial charge >= 0.3 is 0 Å². The van der Waals surface area contributed by atoms with E-state index in [1.54, 1.807) is 12.5 Å². The number of methoxy groups -OCH3 is 1. The fraction of sp³-hybridized carbons (Fsp3) is 0.231. The quantitative estimate of drug-likeness (QED) is 0.837. The molecule has 5 heteroatoms. The zero-order valence-electron chi connectivity index (χ0n) is 10.1. The van der Waals surface area contributed by atoms with Gasteiger partial charge in [-0.2, -0.15) is 0 Å². The molecule has 1 aromatic heterocycles. The molecule has 1 amide bonds. The number of H-pyrrole nitrogens is 1. The summed E-state index contributed by atoms with van der Waals surface area (Å²) in [4.78, 5) is 18.8. The first kappa shape index (κ1) is 12.3. The van der Waals surface area contributed by atoms with Crippen molar-refractivity contribution in [2.24, 2.45) is 0 Å². The summed E-state index contributed by atoms with van der Waals surface area (Å²) in [6.45, 7) is 0.408. The monoisotopic (exact) mass is 245 g/mol. The number of carbonyl (C=O) groups excluding carboxylic acids is 1. The van der Waals surface area contributed by atoms with Gasteiger partial charge in [0.05, 0.1) is 18.6 Å². The van der Waals surface area contributed by atoms with Crippen LogP contribution in [-0.4, -0.2) is 23.0 Å². The Balaban J connectivity index is 1.98. The molecule has 1 aromatic carbocycles. The number of benzene rings is 1. The Bertz CT molecular complexity index is 482. The Kier molecular flexibility index (Phi) is 4.09. The number of amides is 1. The molecule has 0 bridgehead atoms. The largest absolute Gasteiger partial charge is 0.367 e. The molecule has 2 N–H and O–H groups in total. The van der Waals surface area contributed by atoms with Crippen LogP contribution < -0.4 is 5.32 Å². The second-order valence-corrected chi connectivity index (χ2v) is 3.82. The minimum atomic E-state index is -0.589. The predicted octanol–water partition coefficient (Wildman–Crippen LogP) is 1.41. The normalized spacial score (nSPS) is 12.1. The highest BCUT2D eigenvalue weighted by atomic mass is 16.5. The topological polar surface area (TPSA) is 67.0 Å². The van der Waals surface area contributed by atoms with Crippen LogP contribution in [0.2, 0.25) is 0 Å². The number of nitrogens with zero attached hydrogens (tertiary/aromatic N) is 1. The average molecular weight is 245 g/mol. The number of nitrogens with one attached hydrogen (secondary N) is 2. The minimum absolute atomic E-state index is 0.168. The molecule has 94 valence electrons. The van der Waals surface area contributed by atoms with E-state index in [0.717, 1.165) is 11.3 Å². The number of hydrogen-bond donors (Lipinski definition) is 2. The smallest absolute Gasteiger partial charge is 0.254 e. The lowest BCUT2D eigenvalue weighted by molar-refractivity contribution is -0.131. The summed E-state index contributed by atoms with van der Waals surface area (Å²) >= 11 is 0. The van der Waals surface area contributed by atoms with Crippen molar-refractivity contribution < 1.29 is 9.53 Å². The van der Waals surface area contributed by atoms with Crippen LogP contribution >= 0.6 is 0 Å². The van der Waals surface area contributed by atoms with Crippen LogP contribution in [0.5, 0.6) is 0 Å². The van der Waals surface area contributed by atoms with Crippen molar-refractivity contribution in [2.45, 2.75) is 12.6 Å². The van der Waals surface area contributed by atoms with Gasteiger partial charge in [-0.1, -0.05) is 30.3 Å². The maximum absolute atomic E-state index is 12.0. The van der Waals surface area contributed by atoms with Gasteiger partial charge in [0.25, 0.3) is 5.91 Å². The molecule has 0 spiro atoms. The lowest BCUT2D eigenvalue weighted by Gasteiger charge is -2.15. The SMILES string of the molecule is COC(C(=O)NCc1cnc[nH]1)c1ccccc1. The van der Waals surface area contributed by atoms with Crippen molar-refractivity contribution >= 4 is 5.91 Å². The first-order chi connectivity index (χ1) is 8.81. The van der Waals surface area contributed by atoms with Crippen LogP contribution in [0.4, 0.5) is 0 Å². The molecule has 1 atom stereocenters. The molecule has 0 aliphatic carbocycles. The summed E-state index contributed by atoms with van der Waals surface area (Å²) in [5.74, 6) is -0.168. The van der Waals surface area contributed by atoms with E-state index >= 15 is 0 Å². The Morgan fingerprint density at radius 1 is 1.44 bits per heavy atom. The summed E-state index contributed by atoms with van der Waals surface area (Å²) in [7, 11) is 1.52. The molecule has 5 nitrogen and oxygen atoms in total. The summed E-state index contributed by atoms with van der Waals surface area (Å²) in [5.41, 5.74) is 1.69. The molecular weight excluding hydrogens is 230 g/mol. The predicted molar refractivity (Wildman–Crippen MR) is 66.6 cm³/mol. The molecule has 1 unspecified atom stereocenters. The molecule has 0 radical (unpaired) electrons. The number of ether oxygens (including phenoxy) is 1. The van der Waals surface area contributed by atoms with Crippen molar-refractivity contribution in [2.75, 3.05) is 7.11 Å². The van der Waals surface area contributed by atoms with Crippen LogP contribution in [0, 0.1) is 0 Å². The van der Waals surface area contributed by atoms with Crippen LogP contribution in [0.1, 0.15) is 17.4 Å². The van der Waals surface area contributed by atoms with Gasteiger partial charge in [0.1, 0.15) is 0 Å². The van der Waals surface area contributed by atoms with Crippen LogP contribution in [0.15, 0.2) is 42.9 Å². The molecule has 0 saturated carbocycles. The maximum Gasteiger partial charge on any atom is 0.254 e. The number of carbonyl (C=O) groups is 1. The van der Waals surface area contributed by atoms with E-state index in [4.69, 9.17) is 4.74 Å². The van der Waals surface area contributed by atoms with E-state index in [1.807, 2.05) is 30.3 Å². The molecule has 0 aliphatic rings. The molecule has 2 rings (SSSR count). The van der Waals surface area contributed by atoms with Gasteiger partial charge in [0.15, 0.2) is 6.10 Å². The summed E-state index contributed by atoms with van der Waals surface area (Å²) in [6, 6.07) is 9.39. The third-order valence-electron chi connectivity index (χ3n) is 2.58. The third kappa shape index (κ3) is 2.95. The fourth-order valence-corrected chi connectivity index (χ4v) is 1.68. The Hall–Kier alpha value is -2.14. The van der Waals surface area contributed by atoms with Gasteiger partial charge < -0.3 is 15.0 Å². The molecule has 0 fully saturated rings. The number of aromatic amines is 1. The van der Waals surface area contributed by atoms with E-state index in [2.05, 4.69) is 15.3 Å². The minimum Gasteiger partial charge on any atom is -0.367 e. The van der Waals surface area contributed by atoms with Crippen molar-refractivity contribution in [3.8, 4) is 0 Å². The van der Waals surface area contributed by atoms with Crippen molar-refractivity contribution in [3.05, 3.63) is 54.1 Å². The van der Waals surface area contributed by atoms with Crippen LogP contribution in [0.25, 0.3) is 0 Å². The van der Waals surface area contributed by atoms with Gasteiger partial charge in [-0.05, 0) is 5.56 Å². The highest BCUT2D eigenvalue weighted by molar-refractivity contribution is 5.82. The lowest BCUT2D eigenvalue weighted by Crippen LogP contribution is -2.30. The Labute approximate surface area is 105 Å². The van der Waals surface area contributed by atoms with Crippen LogP contribution in [-0.2, 0) is 16.1 Å². The standard InChI is InChI=1S/C13H15N3O2/c1-18-12(10-5-3-2-4-6-10)13(17)15-8-11-7-14-9-16-11/h2-7,9,12H,8H2,1H3,(H,14,16)(H,15,17). The molecule has 1 heterocycles. The highest BCUT2D eigenvalue weighted by Crippen LogP contribution is 2.16. The summed E-state index contributed by atoms with van der Waals surface area (Å²) < 4.78 is 5.23. The first-order valence-corrected chi connectivity index (χ1v) is 5.64. The highest BCUT2D eigenvalue weighted by Gasteiger charge is 2.19. The van der Waals surface area contributed by atoms with E-state index < -0.39 is 6.10 Å². The third-order valence-corrected chi connectivity index (χ3v) is 2.58. The molecule has 0 saturated heterocycles. The van der Waals surface area contributed by atoms with Crippen molar-refractivity contribution in [3.63, 3.8) is 0 Å². The molecule has 2 aromatic rings. The first-order valence-electron chi connectivity index (χ1n) is 5.64. The van der Waals surface area contributed by atoms with Crippen molar-refractivity contribution in [1.29, 1.82) is 0 Å². The van der Waals surface area contributed by atoms with Gasteiger partial charge in [0.2, 0.25) is 0 Å². The van der Waals surface area contributed by atoms with Gasteiger partial charge in [-0.15, -0.1) is 0 Å².